The van der Waals surface area contributed by atoms with Crippen LogP contribution in [0.5, 0.6) is 0 Å². The van der Waals surface area contributed by atoms with Crippen molar-refractivity contribution < 1.29 is 18.4 Å². The highest BCUT2D eigenvalue weighted by Crippen LogP contribution is 2.46. The number of alkyl halides is 1. The Kier molecular flexibility index (Phi) is 8.49. The van der Waals surface area contributed by atoms with Gasteiger partial charge >= 0.3 is 0 Å². The van der Waals surface area contributed by atoms with Crippen LogP contribution in [-0.2, 0) is 18.4 Å². The summed E-state index contributed by atoms with van der Waals surface area (Å²) in [5.74, 6) is 0.183. The molecule has 37 heavy (non-hydrogen) atoms. The van der Waals surface area contributed by atoms with Crippen molar-refractivity contribution in [1.29, 1.82) is 0 Å². The minimum absolute atomic E-state index is 0.00331. The first kappa shape index (κ1) is 29.9. The van der Waals surface area contributed by atoms with Crippen molar-refractivity contribution in [3.05, 3.63) is 25.3 Å². The van der Waals surface area contributed by atoms with E-state index in [1.807, 2.05) is 4.57 Å². The molecule has 206 valence electrons. The van der Waals surface area contributed by atoms with Gasteiger partial charge in [0.2, 0.25) is 5.91 Å². The maximum Gasteiger partial charge on any atom is 0.248 e. The third kappa shape index (κ3) is 6.01. The molecule has 3 rings (SSSR count). The molecule has 1 aliphatic rings. The van der Waals surface area contributed by atoms with Crippen molar-refractivity contribution in [2.24, 2.45) is 0 Å². The first-order valence-electron chi connectivity index (χ1n) is 12.6. The maximum atomic E-state index is 11.9. The zero-order chi connectivity index (χ0) is 28.0. The Hall–Kier alpha value is -1.64. The van der Waals surface area contributed by atoms with Crippen LogP contribution in [0.2, 0.25) is 36.3 Å². The quantitative estimate of drug-likeness (QED) is 0.242. The van der Waals surface area contributed by atoms with Crippen molar-refractivity contribution >= 4 is 51.1 Å². The second-order valence-corrected chi connectivity index (χ2v) is 22.5. The number of nitrogens with zero attached hydrogens (tertiary/aromatic N) is 4. The number of carbonyl (C=O) groups excluding carboxylic acids is 1. The highest BCUT2D eigenvalue weighted by Gasteiger charge is 2.54. The molecule has 3 heterocycles. The Morgan fingerprint density at radius 1 is 1.08 bits per heavy atom. The average Bonchev–Trinajstić information content (AvgIpc) is 3.34. The van der Waals surface area contributed by atoms with Gasteiger partial charge in [0.15, 0.2) is 39.8 Å². The molecule has 1 saturated heterocycles. The van der Waals surface area contributed by atoms with E-state index in [1.165, 1.54) is 12.4 Å². The largest absolute Gasteiger partial charge is 0.408 e. The van der Waals surface area contributed by atoms with Gasteiger partial charge in [-0.05, 0) is 42.3 Å². The third-order valence-corrected chi connectivity index (χ3v) is 17.2. The lowest BCUT2D eigenvalue weighted by Crippen LogP contribution is -2.53. The van der Waals surface area contributed by atoms with E-state index in [1.54, 1.807) is 6.33 Å². The van der Waals surface area contributed by atoms with Crippen LogP contribution in [0.1, 0.15) is 47.8 Å². The molecule has 1 amide bonds. The molecule has 0 unspecified atom stereocenters. The van der Waals surface area contributed by atoms with E-state index in [0.29, 0.717) is 17.0 Å². The first-order chi connectivity index (χ1) is 16.9. The van der Waals surface area contributed by atoms with Gasteiger partial charge in [-0.15, -0.1) is 11.6 Å². The molecular formula is C25H42ClN5O4Si2. The van der Waals surface area contributed by atoms with Crippen LogP contribution in [0.15, 0.2) is 25.3 Å². The fourth-order valence-corrected chi connectivity index (χ4v) is 6.51. The van der Waals surface area contributed by atoms with Gasteiger partial charge in [0.05, 0.1) is 12.2 Å². The molecule has 0 bridgehead atoms. The molecule has 0 spiro atoms. The number of ether oxygens (including phenoxy) is 1. The van der Waals surface area contributed by atoms with Gasteiger partial charge in [0, 0.05) is 0 Å². The van der Waals surface area contributed by atoms with Crippen LogP contribution in [0, 0.1) is 0 Å². The minimum Gasteiger partial charge on any atom is -0.408 e. The molecule has 0 aromatic carbocycles. The maximum absolute atomic E-state index is 11.9. The number of hydrogen-bond acceptors (Lipinski definition) is 7. The van der Waals surface area contributed by atoms with Gasteiger partial charge in [0.1, 0.15) is 24.6 Å². The van der Waals surface area contributed by atoms with E-state index < -0.39 is 29.0 Å². The number of aromatic nitrogens is 4. The highest BCUT2D eigenvalue weighted by molar-refractivity contribution is 6.74. The van der Waals surface area contributed by atoms with Crippen LogP contribution in [0.4, 0.5) is 5.82 Å². The molecule has 0 aliphatic carbocycles. The van der Waals surface area contributed by atoms with Crippen LogP contribution >= 0.6 is 11.6 Å². The number of carbonyl (C=O) groups is 1. The molecule has 2 aromatic rings. The summed E-state index contributed by atoms with van der Waals surface area (Å²) < 4.78 is 22.4. The van der Waals surface area contributed by atoms with E-state index in [0.717, 1.165) is 0 Å². The van der Waals surface area contributed by atoms with Crippen molar-refractivity contribution in [3.63, 3.8) is 0 Å². The zero-order valence-corrected chi connectivity index (χ0v) is 26.5. The second-order valence-electron chi connectivity index (χ2n) is 12.6. The van der Waals surface area contributed by atoms with Gasteiger partial charge in [-0.25, -0.2) is 15.0 Å². The first-order valence-corrected chi connectivity index (χ1v) is 19.0. The summed E-state index contributed by atoms with van der Waals surface area (Å²) in [7, 11) is -4.46. The Balaban J connectivity index is 2.12. The van der Waals surface area contributed by atoms with Crippen molar-refractivity contribution in [1.82, 2.24) is 19.5 Å². The molecule has 1 aliphatic heterocycles. The van der Waals surface area contributed by atoms with Gasteiger partial charge < -0.3 is 18.9 Å². The van der Waals surface area contributed by atoms with Crippen LogP contribution in [0.25, 0.3) is 11.2 Å². The number of nitrogens with one attached hydrogen (secondary N) is 1. The van der Waals surface area contributed by atoms with Gasteiger partial charge in [-0.2, -0.15) is 0 Å². The fraction of sp³-hybridized carbons (Fsp3) is 0.680. The molecule has 1 N–H and O–H groups in total. The minimum atomic E-state index is -2.26. The summed E-state index contributed by atoms with van der Waals surface area (Å²) in [6.07, 6.45) is 2.47. The Bertz CT molecular complexity index is 1140. The Morgan fingerprint density at radius 2 is 1.65 bits per heavy atom. The second kappa shape index (κ2) is 10.5. The summed E-state index contributed by atoms with van der Waals surface area (Å²) in [6, 6.07) is 0. The van der Waals surface area contributed by atoms with E-state index in [2.05, 4.69) is 94.6 Å². The molecule has 12 heteroatoms. The molecule has 2 aromatic heterocycles. The summed E-state index contributed by atoms with van der Waals surface area (Å²) in [5.41, 5.74) is 0.966. The van der Waals surface area contributed by atoms with Gasteiger partial charge in [-0.1, -0.05) is 48.1 Å². The van der Waals surface area contributed by atoms with Gasteiger partial charge in [-0.3, -0.25) is 9.36 Å². The zero-order valence-electron chi connectivity index (χ0n) is 23.8. The van der Waals surface area contributed by atoms with E-state index in [4.69, 9.17) is 25.2 Å². The smallest absolute Gasteiger partial charge is 0.248 e. The molecule has 4 atom stereocenters. The summed E-state index contributed by atoms with van der Waals surface area (Å²) >= 11 is 6.47. The lowest BCUT2D eigenvalue weighted by molar-refractivity contribution is -0.111. The molecule has 0 saturated carbocycles. The van der Waals surface area contributed by atoms with Crippen molar-refractivity contribution in [3.8, 4) is 0 Å². The standard InChI is InChI=1S/C25H42ClN5O4Si2/c1-12-17(32)30-21-18-22(28-14-27-21)31(15-29-18)23-20(35-37(10,11)25(5,6)7)19(16(13-26)33-23)34-36(8,9)24(2,3)4/h12,14-16,19-20,23H,1,13H2,2-11H3,(H,27,28,30,32)/t16-,19-,20-,23-/m1/s1. The molecule has 1 fully saturated rings. The average molecular weight is 568 g/mol. The topological polar surface area (TPSA) is 100 Å². The number of imidazole rings is 1. The van der Waals surface area contributed by atoms with Crippen molar-refractivity contribution in [2.45, 2.75) is 102 Å². The number of amides is 1. The van der Waals surface area contributed by atoms with Crippen LogP contribution in [0.3, 0.4) is 0 Å². The fourth-order valence-electron chi connectivity index (χ4n) is 3.66. The summed E-state index contributed by atoms with van der Waals surface area (Å²) in [4.78, 5) is 25.1. The highest BCUT2D eigenvalue weighted by atomic mass is 35.5. The van der Waals surface area contributed by atoms with E-state index >= 15 is 0 Å². The number of fused-ring (bicyclic) bond motifs is 1. The van der Waals surface area contributed by atoms with E-state index in [-0.39, 0.29) is 34.1 Å². The summed E-state index contributed by atoms with van der Waals surface area (Å²) in [6.45, 7) is 25.7. The lowest BCUT2D eigenvalue weighted by Gasteiger charge is -2.44. The Labute approximate surface area is 227 Å². The Morgan fingerprint density at radius 3 is 2.16 bits per heavy atom. The van der Waals surface area contributed by atoms with E-state index in [9.17, 15) is 4.79 Å². The predicted molar refractivity (Wildman–Crippen MR) is 153 cm³/mol. The number of hydrogen-bond donors (Lipinski definition) is 1. The summed E-state index contributed by atoms with van der Waals surface area (Å²) in [5, 5.41) is 2.66. The molecule has 0 radical (unpaired) electrons. The number of halogens is 1. The van der Waals surface area contributed by atoms with Crippen LogP contribution < -0.4 is 5.32 Å². The van der Waals surface area contributed by atoms with Crippen LogP contribution in [-0.4, -0.2) is 66.3 Å². The normalized spacial score (nSPS) is 23.4. The SMILES string of the molecule is C=CC(=O)Nc1ncnc2c1ncn2[C@@H]1O[C@H](CCl)[C@@H](O[Si](C)(C)C(C)(C)C)[C@H]1O[Si](C)(C)C(C)(C)C. The van der Waals surface area contributed by atoms with Crippen molar-refractivity contribution in [2.75, 3.05) is 11.2 Å². The molecule has 9 nitrogen and oxygen atoms in total. The number of rotatable bonds is 8. The monoisotopic (exact) mass is 567 g/mol. The number of anilines is 1. The predicted octanol–water partition coefficient (Wildman–Crippen LogP) is 5.87. The molecular weight excluding hydrogens is 526 g/mol. The lowest BCUT2D eigenvalue weighted by atomic mass is 10.1. The third-order valence-electron chi connectivity index (χ3n) is 7.97. The van der Waals surface area contributed by atoms with Gasteiger partial charge in [0.25, 0.3) is 0 Å².